The van der Waals surface area contributed by atoms with Crippen LogP contribution in [-0.4, -0.2) is 24.4 Å². The Labute approximate surface area is 230 Å². The number of Topliss-reactive ketones (excluding diaryl/α,β-unsaturated/α-hetero) is 1. The maximum atomic E-state index is 12.2. The Morgan fingerprint density at radius 3 is 2.49 bits per heavy atom. The van der Waals surface area contributed by atoms with Crippen molar-refractivity contribution < 1.29 is 28.8 Å². The molecule has 4 bridgehead atoms. The Bertz CT molecular complexity index is 1450. The van der Waals surface area contributed by atoms with Gasteiger partial charge in [-0.05, 0) is 79.5 Å². The molecule has 6 aliphatic rings. The van der Waals surface area contributed by atoms with Gasteiger partial charge in [0, 0.05) is 24.3 Å². The van der Waals surface area contributed by atoms with E-state index in [2.05, 4.69) is 5.32 Å². The van der Waals surface area contributed by atoms with E-state index in [-0.39, 0.29) is 6.61 Å². The van der Waals surface area contributed by atoms with Gasteiger partial charge in [-0.25, -0.2) is 4.89 Å². The summed E-state index contributed by atoms with van der Waals surface area (Å²) < 4.78 is 12.5. The van der Waals surface area contributed by atoms with Crippen molar-refractivity contribution in [3.8, 4) is 11.8 Å². The van der Waals surface area contributed by atoms with Crippen LogP contribution >= 0.6 is 11.6 Å². The third-order valence-corrected chi connectivity index (χ3v) is 9.81. The Morgan fingerprint density at radius 2 is 1.85 bits per heavy atom. The van der Waals surface area contributed by atoms with Crippen molar-refractivity contribution >= 4 is 35.1 Å². The third kappa shape index (κ3) is 3.40. The van der Waals surface area contributed by atoms with Gasteiger partial charge < -0.3 is 14.8 Å². The van der Waals surface area contributed by atoms with E-state index in [1.807, 2.05) is 18.2 Å². The number of ether oxygens (including phenoxy) is 2. The van der Waals surface area contributed by atoms with Crippen LogP contribution in [0.4, 0.5) is 5.69 Å². The largest absolute Gasteiger partial charge is 0.487 e. The van der Waals surface area contributed by atoms with Gasteiger partial charge in [0.05, 0.1) is 22.3 Å². The van der Waals surface area contributed by atoms with E-state index in [4.69, 9.17) is 36.1 Å². The lowest BCUT2D eigenvalue weighted by Gasteiger charge is -2.68. The van der Waals surface area contributed by atoms with E-state index >= 15 is 0 Å². The average molecular weight is 547 g/mol. The average Bonchev–Trinajstić information content (AvgIpc) is 3.20. The van der Waals surface area contributed by atoms with E-state index in [0.717, 1.165) is 37.5 Å². The number of carbonyl (C=O) groups is 2. The van der Waals surface area contributed by atoms with Crippen molar-refractivity contribution in [1.82, 2.24) is 0 Å². The summed E-state index contributed by atoms with van der Waals surface area (Å²) in [6, 6.07) is 10.8. The molecule has 2 heterocycles. The number of allylic oxidation sites excluding steroid dienone is 1. The van der Waals surface area contributed by atoms with Crippen LogP contribution in [0, 0.1) is 35.0 Å². The first-order chi connectivity index (χ1) is 18.9. The summed E-state index contributed by atoms with van der Waals surface area (Å²) in [7, 11) is 1.63. The number of ketones is 1. The zero-order valence-electron chi connectivity index (χ0n) is 21.4. The number of fused-ring (bicyclic) bond motifs is 1. The molecule has 5 fully saturated rings. The normalized spacial score (nSPS) is 33.8. The minimum atomic E-state index is -1.17. The highest BCUT2D eigenvalue weighted by Crippen LogP contribution is 2.70. The van der Waals surface area contributed by atoms with Gasteiger partial charge in [0.15, 0.2) is 5.60 Å². The fourth-order valence-electron chi connectivity index (χ4n) is 8.00. The fourth-order valence-corrected chi connectivity index (χ4v) is 8.35. The predicted octanol–water partition coefficient (Wildman–Crippen LogP) is 5.55. The van der Waals surface area contributed by atoms with Gasteiger partial charge in [0.25, 0.3) is 17.5 Å². The van der Waals surface area contributed by atoms with Gasteiger partial charge >= 0.3 is 0 Å². The number of nitrogens with one attached hydrogen (secondary N) is 1. The molecule has 1 N–H and O–H groups in total. The van der Waals surface area contributed by atoms with E-state index < -0.39 is 23.1 Å². The van der Waals surface area contributed by atoms with Crippen LogP contribution in [-0.2, 0) is 31.7 Å². The maximum Gasteiger partial charge on any atom is 0.296 e. The second-order valence-corrected chi connectivity index (χ2v) is 11.7. The van der Waals surface area contributed by atoms with E-state index in [0.29, 0.717) is 50.5 Å². The summed E-state index contributed by atoms with van der Waals surface area (Å²) in [4.78, 5) is 35.9. The number of hydrogen-bond acceptors (Lipinski definition) is 7. The third-order valence-electron chi connectivity index (χ3n) is 9.44. The molecule has 200 valence electrons. The predicted molar refractivity (Wildman–Crippen MR) is 140 cm³/mol. The first-order valence-electron chi connectivity index (χ1n) is 13.3. The molecule has 39 heavy (non-hydrogen) atoms. The molecule has 1 spiro atoms. The summed E-state index contributed by atoms with van der Waals surface area (Å²) >= 11 is 7.10. The van der Waals surface area contributed by atoms with Gasteiger partial charge in [-0.15, -0.1) is 0 Å². The number of methoxy groups -OCH3 is 1. The molecule has 9 heteroatoms. The molecule has 1 atom stereocenters. The minimum absolute atomic E-state index is 0.0857. The molecule has 2 aromatic rings. The molecule has 8 rings (SSSR count). The number of amides is 1. The molecule has 4 aliphatic carbocycles. The highest BCUT2D eigenvalue weighted by atomic mass is 35.5. The zero-order valence-corrected chi connectivity index (χ0v) is 22.1. The standard InChI is InChI=1S/C30H27ClN2O6/c1-36-30(29(38-39-30)20-10-17-9-18(12-20)13-21(29)11-17)23-6-5-19(3-2-8-32)27(25(23)31)37-15-16-4-7-24-22(14-16)26(34)28(35)33-24/h2-7,14,17-18,20-21H,9-13,15H2,1H3,(H,33,34,35)/b3-2+. The van der Waals surface area contributed by atoms with Crippen LogP contribution in [0.5, 0.6) is 5.75 Å². The van der Waals surface area contributed by atoms with Gasteiger partial charge in [0.2, 0.25) is 0 Å². The van der Waals surface area contributed by atoms with Crippen molar-refractivity contribution in [2.75, 3.05) is 12.4 Å². The lowest BCUT2D eigenvalue weighted by Crippen LogP contribution is -2.76. The summed E-state index contributed by atoms with van der Waals surface area (Å²) in [6.45, 7) is 0.0857. The van der Waals surface area contributed by atoms with Crippen molar-refractivity contribution in [3.63, 3.8) is 0 Å². The second kappa shape index (κ2) is 8.90. The second-order valence-electron chi connectivity index (χ2n) is 11.3. The van der Waals surface area contributed by atoms with E-state index in [1.54, 1.807) is 31.4 Å². The molecule has 1 amide bonds. The summed E-state index contributed by atoms with van der Waals surface area (Å²) in [5, 5.41) is 12.0. The molecule has 0 aromatic heterocycles. The summed E-state index contributed by atoms with van der Waals surface area (Å²) in [5.74, 6) is 0.0803. The lowest BCUT2D eigenvalue weighted by atomic mass is 9.47. The Morgan fingerprint density at radius 1 is 1.10 bits per heavy atom. The quantitative estimate of drug-likeness (QED) is 0.288. The van der Waals surface area contributed by atoms with Crippen LogP contribution in [0.2, 0.25) is 5.02 Å². The molecule has 2 aliphatic heterocycles. The number of anilines is 1. The van der Waals surface area contributed by atoms with Crippen LogP contribution in [0.1, 0.15) is 59.2 Å². The maximum absolute atomic E-state index is 12.2. The van der Waals surface area contributed by atoms with Gasteiger partial charge in [-0.2, -0.15) is 10.1 Å². The molecule has 2 aromatic carbocycles. The van der Waals surface area contributed by atoms with E-state index in [1.165, 1.54) is 12.5 Å². The number of benzene rings is 2. The van der Waals surface area contributed by atoms with Gasteiger partial charge in [0.1, 0.15) is 12.4 Å². The zero-order chi connectivity index (χ0) is 26.9. The van der Waals surface area contributed by atoms with Crippen molar-refractivity contribution in [3.05, 3.63) is 63.7 Å². The monoisotopic (exact) mass is 546 g/mol. The number of rotatable bonds is 6. The van der Waals surface area contributed by atoms with E-state index in [9.17, 15) is 9.59 Å². The molecule has 8 nitrogen and oxygen atoms in total. The molecular weight excluding hydrogens is 520 g/mol. The minimum Gasteiger partial charge on any atom is -0.487 e. The first kappa shape index (κ1) is 24.8. The van der Waals surface area contributed by atoms with Crippen LogP contribution in [0.25, 0.3) is 6.08 Å². The lowest BCUT2D eigenvalue weighted by molar-refractivity contribution is -0.645. The molecule has 4 saturated carbocycles. The number of nitriles is 1. The van der Waals surface area contributed by atoms with Crippen LogP contribution < -0.4 is 10.1 Å². The number of halogens is 1. The number of hydrogen-bond donors (Lipinski definition) is 1. The summed E-state index contributed by atoms with van der Waals surface area (Å²) in [5.41, 5.74) is 2.13. The van der Waals surface area contributed by atoms with Crippen molar-refractivity contribution in [2.45, 2.75) is 50.1 Å². The Kier molecular flexibility index (Phi) is 5.66. The number of carbonyl (C=O) groups excluding carboxylic acids is 2. The van der Waals surface area contributed by atoms with Gasteiger partial charge in [-0.3, -0.25) is 9.59 Å². The summed E-state index contributed by atoms with van der Waals surface area (Å²) in [6.07, 6.45) is 8.69. The molecule has 1 saturated heterocycles. The smallest absolute Gasteiger partial charge is 0.296 e. The highest BCUT2D eigenvalue weighted by Gasteiger charge is 2.77. The topological polar surface area (TPSA) is 107 Å². The highest BCUT2D eigenvalue weighted by molar-refractivity contribution is 6.51. The van der Waals surface area contributed by atoms with Crippen molar-refractivity contribution in [1.29, 1.82) is 5.26 Å². The van der Waals surface area contributed by atoms with Crippen molar-refractivity contribution in [2.24, 2.45) is 23.7 Å². The van der Waals surface area contributed by atoms with Gasteiger partial charge in [-0.1, -0.05) is 29.8 Å². The SMILES string of the molecule is COC1(c2ccc(/C=C/C#N)c(OCc3ccc4c(c3)C(=O)C(=O)N4)c2Cl)OOC12C1CC3CC(C1)CC2C3. The Balaban J connectivity index is 1.26. The molecule has 0 radical (unpaired) electrons. The van der Waals surface area contributed by atoms with Crippen LogP contribution in [0.15, 0.2) is 36.4 Å². The number of nitrogens with zero attached hydrogens (tertiary/aromatic N) is 1. The first-order valence-corrected chi connectivity index (χ1v) is 13.7. The fraction of sp³-hybridized carbons (Fsp3) is 0.433. The Hall–Kier alpha value is -3.22. The molecular formula is C30H27ClN2O6. The van der Waals surface area contributed by atoms with Crippen LogP contribution in [0.3, 0.4) is 0 Å². The molecule has 1 unspecified atom stereocenters.